The van der Waals surface area contributed by atoms with Gasteiger partial charge in [0.2, 0.25) is 0 Å². The minimum absolute atomic E-state index is 0.0460. The molecule has 0 amide bonds. The van der Waals surface area contributed by atoms with Gasteiger partial charge in [0.15, 0.2) is 0 Å². The van der Waals surface area contributed by atoms with Crippen molar-refractivity contribution in [1.82, 2.24) is 5.32 Å². The molecule has 3 heteroatoms. The predicted octanol–water partition coefficient (Wildman–Crippen LogP) is 3.43. The Morgan fingerprint density at radius 3 is 2.23 bits per heavy atom. The van der Waals surface area contributed by atoms with Crippen LogP contribution >= 0.6 is 0 Å². The maximum atomic E-state index is 10.4. The maximum Gasteiger partial charge on any atom is 0.115 e. The second-order valence-electron chi connectivity index (χ2n) is 5.92. The SMILES string of the molecule is CC(CCc1ccccc1)NC(C)[C@@H](O)c1ccc(O)cc1. The van der Waals surface area contributed by atoms with Crippen molar-refractivity contribution in [1.29, 1.82) is 0 Å². The Morgan fingerprint density at radius 1 is 0.955 bits per heavy atom. The second kappa shape index (κ2) is 7.97. The van der Waals surface area contributed by atoms with E-state index in [4.69, 9.17) is 0 Å². The molecule has 2 unspecified atom stereocenters. The zero-order valence-corrected chi connectivity index (χ0v) is 13.2. The highest BCUT2D eigenvalue weighted by atomic mass is 16.3. The van der Waals surface area contributed by atoms with E-state index in [0.717, 1.165) is 18.4 Å². The fourth-order valence-corrected chi connectivity index (χ4v) is 2.61. The topological polar surface area (TPSA) is 52.5 Å². The van der Waals surface area contributed by atoms with Gasteiger partial charge in [-0.3, -0.25) is 0 Å². The molecule has 22 heavy (non-hydrogen) atoms. The Bertz CT molecular complexity index is 553. The lowest BCUT2D eigenvalue weighted by Crippen LogP contribution is -2.38. The summed E-state index contributed by atoms with van der Waals surface area (Å²) in [7, 11) is 0. The maximum absolute atomic E-state index is 10.4. The predicted molar refractivity (Wildman–Crippen MR) is 89.9 cm³/mol. The van der Waals surface area contributed by atoms with E-state index >= 15 is 0 Å². The van der Waals surface area contributed by atoms with Crippen LogP contribution in [0.15, 0.2) is 54.6 Å². The number of aromatic hydroxyl groups is 1. The van der Waals surface area contributed by atoms with Crippen molar-refractivity contribution >= 4 is 0 Å². The number of aryl methyl sites for hydroxylation is 1. The van der Waals surface area contributed by atoms with Crippen LogP contribution in [0.25, 0.3) is 0 Å². The molecule has 0 aliphatic heterocycles. The van der Waals surface area contributed by atoms with Gasteiger partial charge in [-0.15, -0.1) is 0 Å². The third kappa shape index (κ3) is 4.86. The molecular formula is C19H25NO2. The molecule has 0 radical (unpaired) electrons. The molecule has 0 aliphatic carbocycles. The van der Waals surface area contributed by atoms with Crippen LogP contribution in [0.2, 0.25) is 0 Å². The summed E-state index contributed by atoms with van der Waals surface area (Å²) >= 11 is 0. The summed E-state index contributed by atoms with van der Waals surface area (Å²) in [6.45, 7) is 4.12. The molecule has 0 saturated heterocycles. The summed E-state index contributed by atoms with van der Waals surface area (Å²) in [5.41, 5.74) is 2.15. The lowest BCUT2D eigenvalue weighted by molar-refractivity contribution is 0.129. The Balaban J connectivity index is 1.82. The fraction of sp³-hybridized carbons (Fsp3) is 0.368. The van der Waals surface area contributed by atoms with Crippen LogP contribution in [0.5, 0.6) is 5.75 Å². The van der Waals surface area contributed by atoms with Gasteiger partial charge in [0.1, 0.15) is 5.75 Å². The molecule has 0 fully saturated rings. The number of rotatable bonds is 7. The van der Waals surface area contributed by atoms with E-state index < -0.39 is 6.10 Å². The number of phenolic OH excluding ortho intramolecular Hbond substituents is 1. The first-order chi connectivity index (χ1) is 10.6. The normalized spacial score (nSPS) is 15.2. The number of nitrogens with one attached hydrogen (secondary N) is 1. The van der Waals surface area contributed by atoms with Crippen molar-refractivity contribution in [2.45, 2.75) is 44.9 Å². The standard InChI is InChI=1S/C19H25NO2/c1-14(8-9-16-6-4-3-5-7-16)20-15(2)19(22)17-10-12-18(21)13-11-17/h3-7,10-15,19-22H,8-9H2,1-2H3/t14?,15?,19-/m1/s1. The van der Waals surface area contributed by atoms with Gasteiger partial charge in [0, 0.05) is 12.1 Å². The average molecular weight is 299 g/mol. The van der Waals surface area contributed by atoms with Gasteiger partial charge in [0.05, 0.1) is 6.10 Å². The number of aliphatic hydroxyl groups is 1. The van der Waals surface area contributed by atoms with Crippen molar-refractivity contribution in [2.24, 2.45) is 0 Å². The molecule has 0 aliphatic rings. The molecule has 2 rings (SSSR count). The van der Waals surface area contributed by atoms with Gasteiger partial charge in [-0.05, 0) is 49.9 Å². The van der Waals surface area contributed by atoms with Gasteiger partial charge in [0.25, 0.3) is 0 Å². The number of hydrogen-bond acceptors (Lipinski definition) is 3. The monoisotopic (exact) mass is 299 g/mol. The molecule has 0 heterocycles. The van der Waals surface area contributed by atoms with Crippen molar-refractivity contribution < 1.29 is 10.2 Å². The minimum Gasteiger partial charge on any atom is -0.508 e. The summed E-state index contributed by atoms with van der Waals surface area (Å²) in [5.74, 6) is 0.216. The van der Waals surface area contributed by atoms with E-state index in [0.29, 0.717) is 6.04 Å². The first kappa shape index (κ1) is 16.5. The number of hydrogen-bond donors (Lipinski definition) is 3. The molecule has 2 aromatic rings. The first-order valence-corrected chi connectivity index (χ1v) is 7.83. The Morgan fingerprint density at radius 2 is 1.59 bits per heavy atom. The summed E-state index contributed by atoms with van der Waals surface area (Å²) in [5, 5.41) is 23.1. The van der Waals surface area contributed by atoms with Crippen LogP contribution in [-0.4, -0.2) is 22.3 Å². The molecule has 118 valence electrons. The molecular weight excluding hydrogens is 274 g/mol. The second-order valence-corrected chi connectivity index (χ2v) is 5.92. The zero-order chi connectivity index (χ0) is 15.9. The molecule has 3 nitrogen and oxygen atoms in total. The molecule has 0 spiro atoms. The molecule has 0 saturated carbocycles. The summed E-state index contributed by atoms with van der Waals surface area (Å²) < 4.78 is 0. The fourth-order valence-electron chi connectivity index (χ4n) is 2.61. The molecule has 0 aromatic heterocycles. The van der Waals surface area contributed by atoms with Crippen LogP contribution < -0.4 is 5.32 Å². The van der Waals surface area contributed by atoms with Crippen LogP contribution in [0.4, 0.5) is 0 Å². The number of phenols is 1. The van der Waals surface area contributed by atoms with Crippen LogP contribution in [-0.2, 0) is 6.42 Å². The Hall–Kier alpha value is -1.84. The summed E-state index contributed by atoms with van der Waals surface area (Å²) in [6, 6.07) is 17.4. The average Bonchev–Trinajstić information content (AvgIpc) is 2.54. The lowest BCUT2D eigenvalue weighted by atomic mass is 10.0. The quantitative estimate of drug-likeness (QED) is 0.734. The van der Waals surface area contributed by atoms with E-state index in [-0.39, 0.29) is 11.8 Å². The Labute approximate surface area is 132 Å². The molecule has 0 bridgehead atoms. The first-order valence-electron chi connectivity index (χ1n) is 7.83. The van der Waals surface area contributed by atoms with Crippen LogP contribution in [0.1, 0.15) is 37.5 Å². The number of aliphatic hydroxyl groups excluding tert-OH is 1. The van der Waals surface area contributed by atoms with Crippen molar-refractivity contribution in [3.63, 3.8) is 0 Å². The van der Waals surface area contributed by atoms with Gasteiger partial charge >= 0.3 is 0 Å². The third-order valence-electron chi connectivity index (χ3n) is 3.96. The van der Waals surface area contributed by atoms with Gasteiger partial charge < -0.3 is 15.5 Å². The largest absolute Gasteiger partial charge is 0.508 e. The van der Waals surface area contributed by atoms with Crippen molar-refractivity contribution in [2.75, 3.05) is 0 Å². The smallest absolute Gasteiger partial charge is 0.115 e. The van der Waals surface area contributed by atoms with Crippen LogP contribution in [0, 0.1) is 0 Å². The number of benzene rings is 2. The summed E-state index contributed by atoms with van der Waals surface area (Å²) in [4.78, 5) is 0. The third-order valence-corrected chi connectivity index (χ3v) is 3.96. The van der Waals surface area contributed by atoms with Gasteiger partial charge in [-0.2, -0.15) is 0 Å². The minimum atomic E-state index is -0.584. The van der Waals surface area contributed by atoms with Crippen LogP contribution in [0.3, 0.4) is 0 Å². The van der Waals surface area contributed by atoms with E-state index in [1.54, 1.807) is 24.3 Å². The highest BCUT2D eigenvalue weighted by molar-refractivity contribution is 5.27. The van der Waals surface area contributed by atoms with E-state index in [1.807, 2.05) is 13.0 Å². The lowest BCUT2D eigenvalue weighted by Gasteiger charge is -2.25. The van der Waals surface area contributed by atoms with E-state index in [9.17, 15) is 10.2 Å². The van der Waals surface area contributed by atoms with Crippen molar-refractivity contribution in [3.05, 3.63) is 65.7 Å². The molecule has 2 aromatic carbocycles. The Kier molecular flexibility index (Phi) is 5.99. The van der Waals surface area contributed by atoms with Gasteiger partial charge in [-0.25, -0.2) is 0 Å². The highest BCUT2D eigenvalue weighted by Crippen LogP contribution is 2.20. The zero-order valence-electron chi connectivity index (χ0n) is 13.2. The highest BCUT2D eigenvalue weighted by Gasteiger charge is 2.18. The molecule has 3 N–H and O–H groups in total. The van der Waals surface area contributed by atoms with E-state index in [1.165, 1.54) is 5.56 Å². The summed E-state index contributed by atoms with van der Waals surface area (Å²) in [6.07, 6.45) is 1.47. The van der Waals surface area contributed by atoms with Gasteiger partial charge in [-0.1, -0.05) is 42.5 Å². The molecule has 3 atom stereocenters. The van der Waals surface area contributed by atoms with Crippen molar-refractivity contribution in [3.8, 4) is 5.75 Å². The van der Waals surface area contributed by atoms with E-state index in [2.05, 4.69) is 36.5 Å².